The Bertz CT molecular complexity index is 6110. The van der Waals surface area contributed by atoms with Crippen molar-refractivity contribution in [2.24, 2.45) is 16.8 Å². The first-order chi connectivity index (χ1) is 62.0. The van der Waals surface area contributed by atoms with Crippen LogP contribution < -0.4 is 69.5 Å². The molecule has 0 fully saturated rings. The molecule has 0 aliphatic rings. The van der Waals surface area contributed by atoms with Gasteiger partial charge in [-0.2, -0.15) is 57.1 Å². The Morgan fingerprint density at radius 2 is 0.817 bits per heavy atom. The number of Topliss-reactive ketones (excluding diaryl/α,β-unsaturated/α-hetero) is 1. The summed E-state index contributed by atoms with van der Waals surface area (Å²) in [5.41, 5.74) is 35.7. The summed E-state index contributed by atoms with van der Waals surface area (Å²) in [6.45, 7) is 15.1. The molecule has 666 valence electrons. The quantitative estimate of drug-likeness (QED) is 0.00329. The average molecular weight is 1890 g/mol. The van der Waals surface area contributed by atoms with Crippen LogP contribution in [-0.2, 0) is 14.2 Å². The van der Waals surface area contributed by atoms with E-state index in [2.05, 4.69) is 156 Å². The largest absolute Gasteiger partial charge is 1.00 e. The number of H-pyrrole nitrogens is 2. The van der Waals surface area contributed by atoms with E-state index in [1.54, 1.807) is 105 Å². The second kappa shape index (κ2) is 63.4. The molecule has 0 aliphatic heterocycles. The fourth-order valence-corrected chi connectivity index (χ4v) is 10.6. The van der Waals surface area contributed by atoms with Crippen LogP contribution in [0.4, 0.5) is 11.4 Å². The van der Waals surface area contributed by atoms with Gasteiger partial charge in [0.1, 0.15) is 23.2 Å². The number of nitrogens with zero attached hydrogens (tertiary/aromatic N) is 20. The van der Waals surface area contributed by atoms with E-state index in [4.69, 9.17) is 43.2 Å². The number of aromatic nitrogens is 14. The van der Waals surface area contributed by atoms with E-state index in [1.807, 2.05) is 225 Å². The third kappa shape index (κ3) is 40.1. The number of nitrogen functional groups attached to an aromatic ring is 1. The van der Waals surface area contributed by atoms with Gasteiger partial charge in [0.25, 0.3) is 0 Å². The van der Waals surface area contributed by atoms with E-state index < -0.39 is 11.2 Å². The van der Waals surface area contributed by atoms with Crippen molar-refractivity contribution in [1.82, 2.24) is 70.6 Å². The molecule has 11 N–H and O–H groups in total. The van der Waals surface area contributed by atoms with Gasteiger partial charge >= 0.3 is 40.7 Å². The molecule has 10 aromatic carbocycles. The number of carbonyl (C=O) groups excluding carboxylic acids is 4. The standard InChI is InChI=1S/C17H11N7.C17H12N6O.C17H11N3O.C15H13N3.C8H8O.C7H7N3.C6H15N.C2H4O3.Cl3OP.2ClH.N3.H3NO.Na/c18-10-14-11-24(21-16(14)12-4-2-1-3-5-12)15-8-6-13(7-9-15)17-19-22-23-20-17;24-11-14-10-23(20-16(14)12-4-2-1-3-5-12)15-8-6-13(7-9-15)17-18-21-22-19-17;18-10-13-6-8-16(9-7-13)20-11-15(12-21)17(19-20)14-4-2-1-3-5-14;1-12(14-5-3-2-4-6-14)17-18-15-9-7-13(11-16)8-10-15;1-7(9)8-5-3-2-4-6-8;8-5-6-1-3-7(10-9)4-2-6;1-4-7(5-2)6-3;1-2(3)5-4;1-5(2,3)4;;;1-3-2;1-2;/h1-9,11H,(H,19,20,22,23);1-11H,(H,18,19,21,22);1-9,11-12H;2-10,18H,1H3;2-6H,1H3;1-4,10H,9H2;4-6H2,1-3H3;4H,1H3;;2*1H;;2H,1H2;/q;;;;;;;;;;;-1;;+1/b;;;17-12+;;;;;;;;;;. The van der Waals surface area contributed by atoms with Crippen molar-refractivity contribution < 1.29 is 86.0 Å². The molecule has 0 spiro atoms. The van der Waals surface area contributed by atoms with Crippen LogP contribution in [-0.4, -0.2) is 131 Å². The number of nitrogens with one attached hydrogen (secondary N) is 5. The average Bonchev–Trinajstić information content (AvgIpc) is 1.67. The maximum absolute atomic E-state index is 11.4. The van der Waals surface area contributed by atoms with E-state index in [0.717, 1.165) is 92.6 Å². The van der Waals surface area contributed by atoms with Gasteiger partial charge in [-0.1, -0.05) is 152 Å². The minimum atomic E-state index is -3.22. The van der Waals surface area contributed by atoms with Crippen molar-refractivity contribution in [2.75, 3.05) is 30.5 Å². The van der Waals surface area contributed by atoms with Gasteiger partial charge in [-0.15, -0.1) is 32.8 Å². The Kier molecular flexibility index (Phi) is 54.5. The van der Waals surface area contributed by atoms with Gasteiger partial charge in [0, 0.05) is 64.6 Å². The van der Waals surface area contributed by atoms with Crippen LogP contribution in [0.3, 0.4) is 0 Å². The molecule has 131 heavy (non-hydrogen) atoms. The van der Waals surface area contributed by atoms with Crippen LogP contribution in [0.5, 0.6) is 0 Å². The molecule has 0 saturated heterocycles. The van der Waals surface area contributed by atoms with Gasteiger partial charge in [0.15, 0.2) is 18.4 Å². The van der Waals surface area contributed by atoms with E-state index in [0.29, 0.717) is 62.1 Å². The van der Waals surface area contributed by atoms with Crippen LogP contribution in [0.1, 0.15) is 100 Å². The third-order valence-electron chi connectivity index (χ3n) is 17.0. The molecule has 0 bridgehead atoms. The number of carbonyl (C=O) groups is 4. The molecule has 0 unspecified atom stereocenters. The zero-order chi connectivity index (χ0) is 93.4. The van der Waals surface area contributed by atoms with E-state index in [-0.39, 0.29) is 60.2 Å². The second-order valence-electron chi connectivity index (χ2n) is 25.3. The van der Waals surface area contributed by atoms with Gasteiger partial charge in [0.05, 0.1) is 99.7 Å². The van der Waals surface area contributed by atoms with E-state index >= 15 is 0 Å². The maximum atomic E-state index is 11.4. The number of benzene rings is 10. The zero-order valence-corrected chi connectivity index (χ0v) is 78.0. The van der Waals surface area contributed by atoms with Gasteiger partial charge in [-0.05, 0) is 206 Å². The molecular weight excluding hydrogens is 1810 g/mol. The predicted octanol–water partition coefficient (Wildman–Crippen LogP) is 11.9. The first kappa shape index (κ1) is 113. The monoisotopic (exact) mass is 1890 g/mol. The first-order valence-electron chi connectivity index (χ1n) is 37.9. The number of quaternary nitrogens is 1. The van der Waals surface area contributed by atoms with Crippen molar-refractivity contribution in [3.63, 3.8) is 0 Å². The summed E-state index contributed by atoms with van der Waals surface area (Å²) in [4.78, 5) is 48.9. The molecule has 15 aromatic rings. The van der Waals surface area contributed by atoms with Crippen LogP contribution in [0.2, 0.25) is 0 Å². The van der Waals surface area contributed by atoms with Crippen molar-refractivity contribution in [3.05, 3.63) is 352 Å². The molecule has 0 amide bonds. The number of hydrazine groups is 1. The number of hydrogen-bond acceptors (Lipinski definition) is 26. The van der Waals surface area contributed by atoms with Gasteiger partial charge in [-0.25, -0.2) is 24.7 Å². The van der Waals surface area contributed by atoms with Crippen molar-refractivity contribution >= 4 is 92.7 Å². The van der Waals surface area contributed by atoms with Gasteiger partial charge < -0.3 is 43.9 Å². The number of nitriles is 4. The number of tetrazole rings is 2. The summed E-state index contributed by atoms with van der Waals surface area (Å²) in [5, 5.41) is 91.5. The van der Waals surface area contributed by atoms with Gasteiger partial charge in [-0.3, -0.25) is 35.1 Å². The summed E-state index contributed by atoms with van der Waals surface area (Å²) in [6, 6.07) is 92.7. The van der Waals surface area contributed by atoms with E-state index in [1.165, 1.54) is 24.5 Å². The smallest absolute Gasteiger partial charge is 1.00 e. The number of halogens is 5. The molecule has 5 aromatic heterocycles. The number of anilines is 2. The Balaban J connectivity index is 0.000000516. The second-order valence-corrected chi connectivity index (χ2v) is 31.9. The van der Waals surface area contributed by atoms with Gasteiger partial charge in [0.2, 0.25) is 11.6 Å². The fraction of sp³-hybridized carbons (Fsp3) is 0.101. The molecule has 42 heteroatoms. The molecule has 5 heterocycles. The summed E-state index contributed by atoms with van der Waals surface area (Å²) >= 11 is 13.8. The minimum absolute atomic E-state index is 0. The van der Waals surface area contributed by atoms with Crippen molar-refractivity contribution in [2.45, 2.75) is 41.5 Å². The minimum Gasteiger partial charge on any atom is -1.00 e. The molecule has 0 saturated carbocycles. The van der Waals surface area contributed by atoms with Crippen molar-refractivity contribution in [3.8, 4) is 97.9 Å². The molecule has 0 radical (unpaired) electrons. The number of rotatable bonds is 18. The third-order valence-corrected chi connectivity index (χ3v) is 17.0. The van der Waals surface area contributed by atoms with Crippen LogP contribution in [0, 0.1) is 45.3 Å². The number of hydrogen-bond donors (Lipinski definition) is 9. The van der Waals surface area contributed by atoms with E-state index in [9.17, 15) is 29.0 Å². The topological polar surface area (TPSA) is 544 Å². The Labute approximate surface area is 803 Å². The summed E-state index contributed by atoms with van der Waals surface area (Å²) in [7, 11) is 0. The summed E-state index contributed by atoms with van der Waals surface area (Å²) < 4.78 is 14.5. The normalized spacial score (nSPS) is 9.59. The Morgan fingerprint density at radius 1 is 0.511 bits per heavy atom. The Hall–Kier alpha value is -14.5. The maximum Gasteiger partial charge on any atom is 1.00 e. The van der Waals surface area contributed by atoms with Crippen LogP contribution >= 0.6 is 51.3 Å². The molecule has 0 atom stereocenters. The number of nitrogens with two attached hydrogens (primary N) is 2. The fourth-order valence-electron chi connectivity index (χ4n) is 10.6. The Morgan fingerprint density at radius 3 is 1.10 bits per heavy atom. The summed E-state index contributed by atoms with van der Waals surface area (Å²) in [6.07, 6.45) is 6.76. The predicted molar refractivity (Wildman–Crippen MR) is 498 cm³/mol. The van der Waals surface area contributed by atoms with Crippen LogP contribution in [0.15, 0.2) is 297 Å². The van der Waals surface area contributed by atoms with Crippen LogP contribution in [0.25, 0.3) is 89.6 Å². The molecular formula is C89H86Cl5N27NaO8P. The zero-order valence-electron chi connectivity index (χ0n) is 71.3. The number of aromatic amines is 2. The molecule has 35 nitrogen and oxygen atoms in total. The molecule has 0 aliphatic carbocycles. The number of aldehydes is 2. The number of ketones is 1. The molecule has 15 rings (SSSR count). The summed E-state index contributed by atoms with van der Waals surface area (Å²) in [5.74, 6) is 9.10. The van der Waals surface area contributed by atoms with Crippen molar-refractivity contribution in [1.29, 1.82) is 21.0 Å². The number of hydrazone groups is 1. The first-order valence-corrected chi connectivity index (χ1v) is 42.4. The SMILES string of the molecule is C/C(=N\Nc1ccc(C#N)cc1)c1ccccc1.CC(=O)OO.CC(=O)c1ccccc1.CC[NH+](CC)CC.Cl.N#Cc1ccc(-n2cc(C=O)c(-c3ccccc3)n2)cc1.N#Cc1ccc(NN)cc1.N#Cc1cn(-c2ccc(-c3nn[nH]n3)cc2)nc1-c1ccccc1.NO.O=Cc1cn(-c2ccc(-c3nn[nH]n3)cc2)nc1-c1ccccc1.O=P(Cl)(Cl)Cl.[Cl-].[N-]=[N+]=[N-].[Na+].